The summed E-state index contributed by atoms with van der Waals surface area (Å²) in [6.07, 6.45) is 2.12. The minimum atomic E-state index is 0.141. The monoisotopic (exact) mass is 342 g/mol. The van der Waals surface area contributed by atoms with Crippen molar-refractivity contribution in [1.29, 1.82) is 0 Å². The molecule has 0 N–H and O–H groups in total. The molecule has 1 aromatic carbocycles. The number of carbonyl (C=O) groups excluding carboxylic acids is 1. The zero-order chi connectivity index (χ0) is 16.9. The third-order valence-corrected chi connectivity index (χ3v) is 5.49. The van der Waals surface area contributed by atoms with E-state index in [1.165, 1.54) is 10.4 Å². The van der Waals surface area contributed by atoms with Crippen molar-refractivity contribution in [2.45, 2.75) is 25.9 Å². The zero-order valence-corrected chi connectivity index (χ0v) is 15.4. The van der Waals surface area contributed by atoms with Crippen LogP contribution in [0.3, 0.4) is 0 Å². The van der Waals surface area contributed by atoms with Crippen LogP contribution in [0.1, 0.15) is 33.6 Å². The fourth-order valence-corrected chi connectivity index (χ4v) is 4.35. The molecule has 3 nitrogen and oxygen atoms in total. The maximum absolute atomic E-state index is 12.7. The van der Waals surface area contributed by atoms with Gasteiger partial charge in [-0.3, -0.25) is 9.69 Å². The Morgan fingerprint density at radius 2 is 2.08 bits per heavy atom. The minimum absolute atomic E-state index is 0.141. The second-order valence-electron chi connectivity index (χ2n) is 6.96. The molecule has 1 aliphatic heterocycles. The van der Waals surface area contributed by atoms with Crippen molar-refractivity contribution >= 4 is 17.1 Å². The van der Waals surface area contributed by atoms with Crippen LogP contribution < -0.4 is 0 Å². The molecule has 1 atom stereocenters. The Balaban J connectivity index is 1.59. The molecular formula is C20H26N2OS. The summed E-state index contributed by atoms with van der Waals surface area (Å²) in [5, 5.41) is 2.26. The Bertz CT molecular complexity index is 665. The smallest absolute Gasteiger partial charge is 0.167 e. The van der Waals surface area contributed by atoms with E-state index >= 15 is 0 Å². The Kier molecular flexibility index (Phi) is 5.82. The first-order chi connectivity index (χ1) is 11.6. The molecule has 1 aliphatic rings. The molecule has 4 heteroatoms. The number of nitrogens with zero attached hydrogens (tertiary/aromatic N) is 2. The second-order valence-corrected chi connectivity index (χ2v) is 7.96. The molecular weight excluding hydrogens is 316 g/mol. The van der Waals surface area contributed by atoms with Gasteiger partial charge in [0.15, 0.2) is 5.78 Å². The molecule has 0 spiro atoms. The van der Waals surface area contributed by atoms with Crippen LogP contribution >= 0.6 is 11.3 Å². The first-order valence-electron chi connectivity index (χ1n) is 8.64. The van der Waals surface area contributed by atoms with Crippen LogP contribution in [0.2, 0.25) is 0 Å². The third-order valence-electron chi connectivity index (χ3n) is 4.52. The summed E-state index contributed by atoms with van der Waals surface area (Å²) in [7, 11) is 4.20. The SMILES string of the molecule is CN(C)Cc1csc(CN2CCCC(C(=O)c3ccccc3)C2)c1. The highest BCUT2D eigenvalue weighted by molar-refractivity contribution is 7.10. The van der Waals surface area contributed by atoms with Gasteiger partial charge < -0.3 is 4.90 Å². The number of benzene rings is 1. The van der Waals surface area contributed by atoms with Crippen LogP contribution in [0.5, 0.6) is 0 Å². The van der Waals surface area contributed by atoms with E-state index < -0.39 is 0 Å². The lowest BCUT2D eigenvalue weighted by atomic mass is 9.90. The molecule has 1 aromatic heterocycles. The van der Waals surface area contributed by atoms with Crippen LogP contribution in [0.15, 0.2) is 41.8 Å². The van der Waals surface area contributed by atoms with E-state index in [2.05, 4.69) is 35.3 Å². The van der Waals surface area contributed by atoms with Crippen LogP contribution in [-0.4, -0.2) is 42.8 Å². The van der Waals surface area contributed by atoms with Gasteiger partial charge in [-0.15, -0.1) is 11.3 Å². The molecule has 1 unspecified atom stereocenters. The van der Waals surface area contributed by atoms with E-state index in [9.17, 15) is 4.79 Å². The third kappa shape index (κ3) is 4.53. The summed E-state index contributed by atoms with van der Waals surface area (Å²) in [5.41, 5.74) is 2.24. The zero-order valence-electron chi connectivity index (χ0n) is 14.6. The second kappa shape index (κ2) is 8.06. The van der Waals surface area contributed by atoms with Crippen LogP contribution in [0, 0.1) is 5.92 Å². The van der Waals surface area contributed by atoms with E-state index in [1.54, 1.807) is 0 Å². The van der Waals surface area contributed by atoms with Crippen LogP contribution in [0.25, 0.3) is 0 Å². The number of hydrogen-bond donors (Lipinski definition) is 0. The lowest BCUT2D eigenvalue weighted by Crippen LogP contribution is -2.38. The van der Waals surface area contributed by atoms with Gasteiger partial charge in [0.25, 0.3) is 0 Å². The van der Waals surface area contributed by atoms with Gasteiger partial charge in [0.2, 0.25) is 0 Å². The highest BCUT2D eigenvalue weighted by Crippen LogP contribution is 2.24. The Hall–Kier alpha value is -1.49. The number of rotatable bonds is 6. The number of hydrogen-bond acceptors (Lipinski definition) is 4. The van der Waals surface area contributed by atoms with Crippen LogP contribution in [0.4, 0.5) is 0 Å². The standard InChI is InChI=1S/C20H26N2OS/c1-21(2)12-16-11-19(24-15-16)14-22-10-6-9-18(13-22)20(23)17-7-4-3-5-8-17/h3-5,7-8,11,15,18H,6,9-10,12-14H2,1-2H3. The van der Waals surface area contributed by atoms with Gasteiger partial charge in [-0.05, 0) is 50.5 Å². The highest BCUT2D eigenvalue weighted by Gasteiger charge is 2.26. The van der Waals surface area contributed by atoms with Crippen molar-refractivity contribution in [2.75, 3.05) is 27.2 Å². The average molecular weight is 343 g/mol. The Morgan fingerprint density at radius 3 is 2.83 bits per heavy atom. The van der Waals surface area contributed by atoms with E-state index in [1.807, 2.05) is 41.7 Å². The van der Waals surface area contributed by atoms with E-state index in [4.69, 9.17) is 0 Å². The van der Waals surface area contributed by atoms with Crippen molar-refractivity contribution in [2.24, 2.45) is 5.92 Å². The number of likely N-dealkylation sites (tertiary alicyclic amines) is 1. The predicted octanol–water partition coefficient (Wildman–Crippen LogP) is 3.90. The molecule has 2 heterocycles. The van der Waals surface area contributed by atoms with Gasteiger partial charge in [-0.1, -0.05) is 30.3 Å². The molecule has 0 aliphatic carbocycles. The fraction of sp³-hybridized carbons (Fsp3) is 0.450. The van der Waals surface area contributed by atoms with Crippen molar-refractivity contribution in [1.82, 2.24) is 9.80 Å². The minimum Gasteiger partial charge on any atom is -0.305 e. The number of ketones is 1. The molecule has 0 radical (unpaired) electrons. The van der Waals surface area contributed by atoms with Crippen molar-refractivity contribution in [3.8, 4) is 0 Å². The number of piperidine rings is 1. The summed E-state index contributed by atoms with van der Waals surface area (Å²) in [4.78, 5) is 18.7. The molecule has 0 saturated carbocycles. The maximum atomic E-state index is 12.7. The lowest BCUT2D eigenvalue weighted by molar-refractivity contribution is 0.0813. The molecule has 1 saturated heterocycles. The van der Waals surface area contributed by atoms with Gasteiger partial charge in [0.05, 0.1) is 0 Å². The Labute approximate surface area is 148 Å². The highest BCUT2D eigenvalue weighted by atomic mass is 32.1. The van der Waals surface area contributed by atoms with E-state index in [-0.39, 0.29) is 5.92 Å². The van der Waals surface area contributed by atoms with E-state index in [0.717, 1.165) is 44.6 Å². The van der Waals surface area contributed by atoms with Gasteiger partial charge in [-0.2, -0.15) is 0 Å². The fourth-order valence-electron chi connectivity index (χ4n) is 3.43. The number of carbonyl (C=O) groups is 1. The van der Waals surface area contributed by atoms with Crippen molar-refractivity contribution < 1.29 is 4.79 Å². The predicted molar refractivity (Wildman–Crippen MR) is 100 cm³/mol. The lowest BCUT2D eigenvalue weighted by Gasteiger charge is -2.31. The van der Waals surface area contributed by atoms with Crippen molar-refractivity contribution in [3.05, 3.63) is 57.8 Å². The summed E-state index contributed by atoms with van der Waals surface area (Å²) >= 11 is 1.84. The van der Waals surface area contributed by atoms with Gasteiger partial charge in [-0.25, -0.2) is 0 Å². The van der Waals surface area contributed by atoms with Crippen LogP contribution in [-0.2, 0) is 13.1 Å². The summed E-state index contributed by atoms with van der Waals surface area (Å²) < 4.78 is 0. The molecule has 0 bridgehead atoms. The molecule has 24 heavy (non-hydrogen) atoms. The number of Topliss-reactive ketones (excluding diaryl/α,β-unsaturated/α-hetero) is 1. The Morgan fingerprint density at radius 1 is 1.29 bits per heavy atom. The molecule has 2 aromatic rings. The summed E-state index contributed by atoms with van der Waals surface area (Å²) in [6.45, 7) is 3.94. The van der Waals surface area contributed by atoms with Gasteiger partial charge >= 0.3 is 0 Å². The topological polar surface area (TPSA) is 23.6 Å². The maximum Gasteiger partial charge on any atom is 0.167 e. The number of thiophene rings is 1. The first-order valence-corrected chi connectivity index (χ1v) is 9.52. The quantitative estimate of drug-likeness (QED) is 0.744. The van der Waals surface area contributed by atoms with Gasteiger partial charge in [0.1, 0.15) is 0 Å². The van der Waals surface area contributed by atoms with Crippen molar-refractivity contribution in [3.63, 3.8) is 0 Å². The summed E-state index contributed by atoms with van der Waals surface area (Å²) in [6, 6.07) is 12.1. The normalized spacial score (nSPS) is 18.9. The molecule has 0 amide bonds. The molecule has 128 valence electrons. The molecule has 1 fully saturated rings. The average Bonchev–Trinajstić information content (AvgIpc) is 3.01. The largest absolute Gasteiger partial charge is 0.305 e. The van der Waals surface area contributed by atoms with Gasteiger partial charge in [0, 0.05) is 36.0 Å². The molecule has 3 rings (SSSR count). The first kappa shape index (κ1) is 17.3. The summed E-state index contributed by atoms with van der Waals surface area (Å²) in [5.74, 6) is 0.446. The van der Waals surface area contributed by atoms with E-state index in [0.29, 0.717) is 5.78 Å².